The standard InChI is InChI=1S/C14H11NOS2/c16-13-5-6-14(12-4-2-1-3-11(12)13)17-8-10-7-15-9-18-10/h1-7,9,16H,8H2. The fourth-order valence-corrected chi connectivity index (χ4v) is 3.54. The van der Waals surface area contributed by atoms with Gasteiger partial charge < -0.3 is 5.11 Å². The first-order chi connectivity index (χ1) is 8.84. The Morgan fingerprint density at radius 1 is 1.11 bits per heavy atom. The van der Waals surface area contributed by atoms with Crippen molar-refractivity contribution in [2.24, 2.45) is 0 Å². The number of fused-ring (bicyclic) bond motifs is 1. The topological polar surface area (TPSA) is 33.1 Å². The first-order valence-corrected chi connectivity index (χ1v) is 7.42. The van der Waals surface area contributed by atoms with Gasteiger partial charge in [0.1, 0.15) is 5.75 Å². The van der Waals surface area contributed by atoms with Crippen LogP contribution in [0.15, 0.2) is 53.0 Å². The molecule has 2 aromatic carbocycles. The maximum absolute atomic E-state index is 9.83. The summed E-state index contributed by atoms with van der Waals surface area (Å²) in [7, 11) is 0. The number of thioether (sulfide) groups is 1. The van der Waals surface area contributed by atoms with E-state index in [1.54, 1.807) is 29.2 Å². The van der Waals surface area contributed by atoms with Gasteiger partial charge in [-0.25, -0.2) is 0 Å². The van der Waals surface area contributed by atoms with Crippen LogP contribution in [0.3, 0.4) is 0 Å². The highest BCUT2D eigenvalue weighted by Gasteiger charge is 2.05. The highest BCUT2D eigenvalue weighted by Crippen LogP contribution is 2.34. The fraction of sp³-hybridized carbons (Fsp3) is 0.0714. The van der Waals surface area contributed by atoms with Gasteiger partial charge in [-0.15, -0.1) is 23.1 Å². The van der Waals surface area contributed by atoms with Crippen LogP contribution in [-0.4, -0.2) is 10.1 Å². The monoisotopic (exact) mass is 273 g/mol. The van der Waals surface area contributed by atoms with E-state index in [1.807, 2.05) is 42.0 Å². The minimum atomic E-state index is 0.341. The Labute approximate surface area is 113 Å². The lowest BCUT2D eigenvalue weighted by atomic mass is 10.1. The predicted molar refractivity (Wildman–Crippen MR) is 77.3 cm³/mol. The summed E-state index contributed by atoms with van der Waals surface area (Å²) in [4.78, 5) is 6.53. The molecule has 1 heterocycles. The number of phenolic OH excluding ortho intramolecular Hbond substituents is 1. The first-order valence-electron chi connectivity index (χ1n) is 5.55. The molecule has 0 amide bonds. The van der Waals surface area contributed by atoms with Gasteiger partial charge in [0.05, 0.1) is 5.51 Å². The molecule has 0 aliphatic carbocycles. The predicted octanol–water partition coefficient (Wildman–Crippen LogP) is 4.29. The van der Waals surface area contributed by atoms with Crippen molar-refractivity contribution in [2.45, 2.75) is 10.6 Å². The Morgan fingerprint density at radius 3 is 2.72 bits per heavy atom. The van der Waals surface area contributed by atoms with Gasteiger partial charge in [0.2, 0.25) is 0 Å². The number of benzene rings is 2. The number of nitrogens with zero attached hydrogens (tertiary/aromatic N) is 1. The van der Waals surface area contributed by atoms with Crippen molar-refractivity contribution in [3.63, 3.8) is 0 Å². The molecule has 0 aliphatic heterocycles. The lowest BCUT2D eigenvalue weighted by molar-refractivity contribution is 0.481. The van der Waals surface area contributed by atoms with Crippen molar-refractivity contribution in [2.75, 3.05) is 0 Å². The first kappa shape index (κ1) is 11.6. The second-order valence-electron chi connectivity index (χ2n) is 3.88. The molecule has 18 heavy (non-hydrogen) atoms. The average molecular weight is 273 g/mol. The van der Waals surface area contributed by atoms with Crippen molar-refractivity contribution in [1.82, 2.24) is 4.98 Å². The number of rotatable bonds is 3. The van der Waals surface area contributed by atoms with Crippen LogP contribution in [0.5, 0.6) is 5.75 Å². The van der Waals surface area contributed by atoms with Crippen molar-refractivity contribution in [1.29, 1.82) is 0 Å². The molecule has 2 nitrogen and oxygen atoms in total. The zero-order valence-corrected chi connectivity index (χ0v) is 11.2. The molecule has 0 fully saturated rings. The Kier molecular flexibility index (Phi) is 3.21. The molecule has 0 saturated heterocycles. The summed E-state index contributed by atoms with van der Waals surface area (Å²) >= 11 is 3.45. The van der Waals surface area contributed by atoms with E-state index in [4.69, 9.17) is 0 Å². The number of aromatic hydroxyl groups is 1. The number of hydrogen-bond acceptors (Lipinski definition) is 4. The molecule has 90 valence electrons. The van der Waals surface area contributed by atoms with E-state index in [2.05, 4.69) is 4.98 Å². The van der Waals surface area contributed by atoms with Crippen LogP contribution in [0.4, 0.5) is 0 Å². The third-order valence-corrected chi connectivity index (χ3v) is 4.80. The summed E-state index contributed by atoms with van der Waals surface area (Å²) in [6.45, 7) is 0. The van der Waals surface area contributed by atoms with E-state index < -0.39 is 0 Å². The Hall–Kier alpha value is -1.52. The molecule has 0 unspecified atom stereocenters. The molecule has 0 atom stereocenters. The third kappa shape index (κ3) is 2.21. The van der Waals surface area contributed by atoms with Gasteiger partial charge in [-0.3, -0.25) is 4.98 Å². The van der Waals surface area contributed by atoms with E-state index in [9.17, 15) is 5.11 Å². The molecular weight excluding hydrogens is 262 g/mol. The highest BCUT2D eigenvalue weighted by atomic mass is 32.2. The van der Waals surface area contributed by atoms with E-state index in [1.165, 1.54) is 9.77 Å². The molecule has 4 heteroatoms. The molecule has 1 N–H and O–H groups in total. The van der Waals surface area contributed by atoms with Crippen LogP contribution < -0.4 is 0 Å². The molecule has 0 radical (unpaired) electrons. The normalized spacial score (nSPS) is 10.9. The van der Waals surface area contributed by atoms with Gasteiger partial charge >= 0.3 is 0 Å². The summed E-state index contributed by atoms with van der Waals surface area (Å²) in [5, 5.41) is 11.8. The van der Waals surface area contributed by atoms with E-state index in [-0.39, 0.29) is 0 Å². The minimum Gasteiger partial charge on any atom is -0.507 e. The fourth-order valence-electron chi connectivity index (χ4n) is 1.84. The Balaban J connectivity index is 1.94. The molecule has 0 spiro atoms. The Bertz CT molecular complexity index is 665. The van der Waals surface area contributed by atoms with Gasteiger partial charge in [-0.05, 0) is 17.5 Å². The number of hydrogen-bond donors (Lipinski definition) is 1. The number of thiazole rings is 1. The molecule has 1 aromatic heterocycles. The summed E-state index contributed by atoms with van der Waals surface area (Å²) in [6, 6.07) is 11.7. The summed E-state index contributed by atoms with van der Waals surface area (Å²) in [5.74, 6) is 1.26. The van der Waals surface area contributed by atoms with Gasteiger partial charge in [-0.1, -0.05) is 24.3 Å². The van der Waals surface area contributed by atoms with Crippen LogP contribution in [0.25, 0.3) is 10.8 Å². The van der Waals surface area contributed by atoms with Crippen molar-refractivity contribution < 1.29 is 5.11 Å². The molecule has 0 bridgehead atoms. The maximum Gasteiger partial charge on any atom is 0.123 e. The zero-order valence-electron chi connectivity index (χ0n) is 9.54. The highest BCUT2D eigenvalue weighted by molar-refractivity contribution is 7.98. The lowest BCUT2D eigenvalue weighted by Crippen LogP contribution is -1.80. The molecule has 3 rings (SSSR count). The maximum atomic E-state index is 9.83. The minimum absolute atomic E-state index is 0.341. The third-order valence-electron chi connectivity index (χ3n) is 2.71. The summed E-state index contributed by atoms with van der Waals surface area (Å²) in [6.07, 6.45) is 1.90. The molecule has 0 saturated carbocycles. The number of aromatic nitrogens is 1. The Morgan fingerprint density at radius 2 is 1.94 bits per heavy atom. The van der Waals surface area contributed by atoms with Gasteiger partial charge in [0.15, 0.2) is 0 Å². The molecule has 0 aliphatic rings. The van der Waals surface area contributed by atoms with Crippen molar-refractivity contribution in [3.05, 3.63) is 53.0 Å². The van der Waals surface area contributed by atoms with Crippen LogP contribution in [-0.2, 0) is 5.75 Å². The smallest absolute Gasteiger partial charge is 0.123 e. The van der Waals surface area contributed by atoms with Crippen LogP contribution in [0.1, 0.15) is 4.88 Å². The average Bonchev–Trinajstić information content (AvgIpc) is 2.92. The SMILES string of the molecule is Oc1ccc(SCc2cncs2)c2ccccc12. The van der Waals surface area contributed by atoms with Gasteiger partial charge in [-0.2, -0.15) is 0 Å². The van der Waals surface area contributed by atoms with E-state index >= 15 is 0 Å². The van der Waals surface area contributed by atoms with Gasteiger partial charge in [0.25, 0.3) is 0 Å². The summed E-state index contributed by atoms with van der Waals surface area (Å²) < 4.78 is 0. The number of phenols is 1. The van der Waals surface area contributed by atoms with E-state index in [0.29, 0.717) is 5.75 Å². The second-order valence-corrected chi connectivity index (χ2v) is 5.87. The molecule has 3 aromatic rings. The van der Waals surface area contributed by atoms with Crippen molar-refractivity contribution >= 4 is 33.9 Å². The second kappa shape index (κ2) is 5.00. The van der Waals surface area contributed by atoms with Crippen LogP contribution >= 0.6 is 23.1 Å². The summed E-state index contributed by atoms with van der Waals surface area (Å²) in [5.41, 5.74) is 1.85. The van der Waals surface area contributed by atoms with Crippen LogP contribution in [0, 0.1) is 0 Å². The van der Waals surface area contributed by atoms with Crippen molar-refractivity contribution in [3.8, 4) is 5.75 Å². The zero-order chi connectivity index (χ0) is 12.4. The van der Waals surface area contributed by atoms with Crippen LogP contribution in [0.2, 0.25) is 0 Å². The largest absolute Gasteiger partial charge is 0.507 e. The quantitative estimate of drug-likeness (QED) is 0.722. The van der Waals surface area contributed by atoms with E-state index in [0.717, 1.165) is 16.5 Å². The molecular formula is C14H11NOS2. The lowest BCUT2D eigenvalue weighted by Gasteiger charge is -2.07. The van der Waals surface area contributed by atoms with Gasteiger partial charge in [0, 0.05) is 27.1 Å².